The van der Waals surface area contributed by atoms with E-state index in [1.54, 1.807) is 18.2 Å². The fourth-order valence-electron chi connectivity index (χ4n) is 2.28. The number of rotatable bonds is 3. The predicted molar refractivity (Wildman–Crippen MR) is 71.7 cm³/mol. The largest absolute Gasteiger partial charge is 0.294 e. The fourth-order valence-corrected chi connectivity index (χ4v) is 3.87. The Morgan fingerprint density at radius 3 is 2.22 bits per heavy atom. The molecular formula is C12H14Cl2O3S. The maximum absolute atomic E-state index is 11.3. The summed E-state index contributed by atoms with van der Waals surface area (Å²) in [5, 5.41) is 0. The van der Waals surface area contributed by atoms with Crippen LogP contribution in [0.3, 0.4) is 0 Å². The summed E-state index contributed by atoms with van der Waals surface area (Å²) in [6.07, 6.45) is 0.427. The van der Waals surface area contributed by atoms with E-state index in [1.807, 2.05) is 13.8 Å². The van der Waals surface area contributed by atoms with E-state index in [2.05, 4.69) is 0 Å². The van der Waals surface area contributed by atoms with E-state index in [0.29, 0.717) is 12.0 Å². The molecule has 1 atom stereocenters. The lowest BCUT2D eigenvalue weighted by Crippen LogP contribution is -2.05. The van der Waals surface area contributed by atoms with Gasteiger partial charge in [-0.3, -0.25) is 4.55 Å². The van der Waals surface area contributed by atoms with Gasteiger partial charge in [0.1, 0.15) is 4.33 Å². The molecule has 0 aromatic heterocycles. The molecule has 6 heteroatoms. The third-order valence-electron chi connectivity index (χ3n) is 3.76. The first kappa shape index (κ1) is 14.1. The number of alkyl halides is 2. The highest BCUT2D eigenvalue weighted by Crippen LogP contribution is 2.69. The van der Waals surface area contributed by atoms with Crippen LogP contribution in [0.5, 0.6) is 0 Å². The molecule has 1 fully saturated rings. The Morgan fingerprint density at radius 1 is 1.28 bits per heavy atom. The lowest BCUT2D eigenvalue weighted by atomic mass is 10.0. The van der Waals surface area contributed by atoms with Crippen LogP contribution in [-0.4, -0.2) is 17.3 Å². The van der Waals surface area contributed by atoms with E-state index in [4.69, 9.17) is 27.8 Å². The second-order valence-electron chi connectivity index (χ2n) is 5.18. The minimum atomic E-state index is -4.21. The zero-order chi connectivity index (χ0) is 13.8. The van der Waals surface area contributed by atoms with Crippen LogP contribution >= 0.6 is 23.2 Å². The predicted octanol–water partition coefficient (Wildman–Crippen LogP) is 3.31. The molecule has 100 valence electrons. The number of hydrogen-bond acceptors (Lipinski definition) is 2. The van der Waals surface area contributed by atoms with E-state index in [-0.39, 0.29) is 16.2 Å². The van der Waals surface area contributed by atoms with E-state index in [0.717, 1.165) is 0 Å². The first-order valence-electron chi connectivity index (χ1n) is 5.51. The van der Waals surface area contributed by atoms with Crippen molar-refractivity contribution in [2.24, 2.45) is 11.3 Å². The van der Waals surface area contributed by atoms with Crippen molar-refractivity contribution >= 4 is 33.3 Å². The number of hydrogen-bond donors (Lipinski definition) is 1. The van der Waals surface area contributed by atoms with Gasteiger partial charge < -0.3 is 0 Å². The smallest absolute Gasteiger partial charge is 0.282 e. The molecule has 0 aliphatic heterocycles. The van der Waals surface area contributed by atoms with Crippen molar-refractivity contribution in [2.45, 2.75) is 29.5 Å². The van der Waals surface area contributed by atoms with Crippen LogP contribution in [0.2, 0.25) is 0 Å². The molecule has 1 aliphatic carbocycles. The molecule has 0 amide bonds. The van der Waals surface area contributed by atoms with Gasteiger partial charge in [0.25, 0.3) is 10.1 Å². The molecule has 0 bridgehead atoms. The van der Waals surface area contributed by atoms with Gasteiger partial charge in [0, 0.05) is 11.3 Å². The summed E-state index contributed by atoms with van der Waals surface area (Å²) in [6, 6.07) is 6.34. The lowest BCUT2D eigenvalue weighted by Gasteiger charge is -2.07. The van der Waals surface area contributed by atoms with Crippen molar-refractivity contribution in [2.75, 3.05) is 0 Å². The Morgan fingerprint density at radius 2 is 1.78 bits per heavy atom. The molecular weight excluding hydrogens is 295 g/mol. The van der Waals surface area contributed by atoms with Gasteiger partial charge in [-0.25, -0.2) is 0 Å². The average molecular weight is 309 g/mol. The summed E-state index contributed by atoms with van der Waals surface area (Å²) in [7, 11) is -4.21. The van der Waals surface area contributed by atoms with Crippen LogP contribution in [0.15, 0.2) is 29.2 Å². The summed E-state index contributed by atoms with van der Waals surface area (Å²) in [5.41, 5.74) is 0.281. The maximum Gasteiger partial charge on any atom is 0.294 e. The molecule has 3 nitrogen and oxygen atoms in total. The van der Waals surface area contributed by atoms with Crippen molar-refractivity contribution in [3.63, 3.8) is 0 Å². The van der Waals surface area contributed by atoms with Gasteiger partial charge in [-0.05, 0) is 18.1 Å². The van der Waals surface area contributed by atoms with E-state index < -0.39 is 14.5 Å². The van der Waals surface area contributed by atoms with Crippen molar-refractivity contribution in [1.29, 1.82) is 0 Å². The Hall–Kier alpha value is -0.290. The Kier molecular flexibility index (Phi) is 3.22. The second-order valence-corrected chi connectivity index (χ2v) is 7.96. The van der Waals surface area contributed by atoms with E-state index >= 15 is 0 Å². The van der Waals surface area contributed by atoms with Crippen LogP contribution in [0.1, 0.15) is 19.4 Å². The van der Waals surface area contributed by atoms with Crippen LogP contribution < -0.4 is 0 Å². The van der Waals surface area contributed by atoms with Gasteiger partial charge in [0.2, 0.25) is 0 Å². The topological polar surface area (TPSA) is 54.4 Å². The van der Waals surface area contributed by atoms with Crippen LogP contribution in [-0.2, 0) is 16.5 Å². The first-order valence-corrected chi connectivity index (χ1v) is 7.71. The summed E-state index contributed by atoms with van der Waals surface area (Å²) in [5.74, 6) is -0.0313. The molecule has 0 saturated heterocycles. The molecule has 2 rings (SSSR count). The molecule has 1 N–H and O–H groups in total. The van der Waals surface area contributed by atoms with Gasteiger partial charge in [-0.1, -0.05) is 32.0 Å². The SMILES string of the molecule is CC1(C)C(Cc2ccccc2S(=O)(=O)O)C1(Cl)Cl. The summed E-state index contributed by atoms with van der Waals surface area (Å²) in [6.45, 7) is 3.88. The average Bonchev–Trinajstić information content (AvgIpc) is 2.60. The standard InChI is InChI=1S/C12H14Cl2O3S/c1-11(2)10(12(11,13)14)7-8-5-3-4-6-9(8)18(15,16)17/h3-6,10H,7H2,1-2H3,(H,15,16,17). The van der Waals surface area contributed by atoms with Gasteiger partial charge >= 0.3 is 0 Å². The quantitative estimate of drug-likeness (QED) is 0.688. The highest BCUT2D eigenvalue weighted by molar-refractivity contribution is 7.85. The van der Waals surface area contributed by atoms with Crippen molar-refractivity contribution in [1.82, 2.24) is 0 Å². The Labute approximate surface area is 117 Å². The van der Waals surface area contributed by atoms with Crippen LogP contribution in [0, 0.1) is 11.3 Å². The molecule has 1 saturated carbocycles. The third-order valence-corrected chi connectivity index (χ3v) is 6.21. The van der Waals surface area contributed by atoms with Gasteiger partial charge in [0.15, 0.2) is 0 Å². The zero-order valence-corrected chi connectivity index (χ0v) is 12.4. The zero-order valence-electron chi connectivity index (χ0n) is 10.0. The molecule has 0 heterocycles. The molecule has 1 unspecified atom stereocenters. The highest BCUT2D eigenvalue weighted by atomic mass is 35.5. The first-order chi connectivity index (χ1) is 8.08. The molecule has 0 spiro atoms. The molecule has 1 aliphatic rings. The third kappa shape index (κ3) is 2.16. The summed E-state index contributed by atoms with van der Waals surface area (Å²) < 4.78 is 30.9. The highest BCUT2D eigenvalue weighted by Gasteiger charge is 2.69. The van der Waals surface area contributed by atoms with E-state index in [1.165, 1.54) is 6.07 Å². The fraction of sp³-hybridized carbons (Fsp3) is 0.500. The monoisotopic (exact) mass is 308 g/mol. The molecule has 0 radical (unpaired) electrons. The number of benzene rings is 1. The summed E-state index contributed by atoms with van der Waals surface area (Å²) in [4.78, 5) is -0.0724. The molecule has 1 aromatic rings. The van der Waals surface area contributed by atoms with Crippen molar-refractivity contribution in [3.8, 4) is 0 Å². The van der Waals surface area contributed by atoms with Gasteiger partial charge in [-0.15, -0.1) is 23.2 Å². The Bertz CT molecular complexity index is 565. The van der Waals surface area contributed by atoms with E-state index in [9.17, 15) is 8.42 Å². The molecule has 1 aromatic carbocycles. The van der Waals surface area contributed by atoms with Gasteiger partial charge in [0.05, 0.1) is 4.90 Å². The normalized spacial score (nSPS) is 24.8. The minimum Gasteiger partial charge on any atom is -0.282 e. The number of halogens is 2. The second kappa shape index (κ2) is 4.10. The van der Waals surface area contributed by atoms with Gasteiger partial charge in [-0.2, -0.15) is 8.42 Å². The molecule has 18 heavy (non-hydrogen) atoms. The van der Waals surface area contributed by atoms with Crippen molar-refractivity contribution < 1.29 is 13.0 Å². The summed E-state index contributed by atoms with van der Waals surface area (Å²) >= 11 is 12.3. The maximum atomic E-state index is 11.3. The lowest BCUT2D eigenvalue weighted by molar-refractivity contribution is 0.480. The Balaban J connectivity index is 2.33. The minimum absolute atomic E-state index is 0.0313. The van der Waals surface area contributed by atoms with Crippen LogP contribution in [0.25, 0.3) is 0 Å². The van der Waals surface area contributed by atoms with Crippen molar-refractivity contribution in [3.05, 3.63) is 29.8 Å². The van der Waals surface area contributed by atoms with Crippen LogP contribution in [0.4, 0.5) is 0 Å².